The molecule has 2 aromatic carbocycles. The molecule has 2 aromatic rings. The summed E-state index contributed by atoms with van der Waals surface area (Å²) in [5, 5.41) is 22.4. The van der Waals surface area contributed by atoms with Crippen molar-refractivity contribution in [1.82, 2.24) is 0 Å². The average Bonchev–Trinajstić information content (AvgIpc) is 3.03. The molecule has 0 radical (unpaired) electrons. The van der Waals surface area contributed by atoms with Crippen LogP contribution in [-0.2, 0) is 4.74 Å². The lowest BCUT2D eigenvalue weighted by atomic mass is 9.80. The van der Waals surface area contributed by atoms with E-state index in [9.17, 15) is 5.11 Å². The lowest BCUT2D eigenvalue weighted by molar-refractivity contribution is 0.0829. The summed E-state index contributed by atoms with van der Waals surface area (Å²) in [7, 11) is 0. The Labute approximate surface area is 129 Å². The van der Waals surface area contributed by atoms with Crippen molar-refractivity contribution >= 4 is 5.69 Å². The van der Waals surface area contributed by atoms with Crippen LogP contribution in [0, 0.1) is 17.2 Å². The number of nitrogens with one attached hydrogen (secondary N) is 1. The van der Waals surface area contributed by atoms with Crippen LogP contribution in [0.2, 0.25) is 0 Å². The molecular formula is C18H16N2O2. The summed E-state index contributed by atoms with van der Waals surface area (Å²) in [6.07, 6.45) is 0.977. The Kier molecular flexibility index (Phi) is 3.02. The molecule has 4 rings (SSSR count). The number of fused-ring (bicyclic) bond motifs is 3. The molecule has 1 saturated heterocycles. The second-order valence-corrected chi connectivity index (χ2v) is 5.87. The molecule has 4 nitrogen and oxygen atoms in total. The third kappa shape index (κ3) is 2.02. The predicted octanol–water partition coefficient (Wildman–Crippen LogP) is 3.51. The molecule has 3 atom stereocenters. The van der Waals surface area contributed by atoms with Crippen molar-refractivity contribution in [2.75, 3.05) is 11.9 Å². The Balaban J connectivity index is 1.79. The molecule has 110 valence electrons. The van der Waals surface area contributed by atoms with Crippen molar-refractivity contribution in [2.24, 2.45) is 5.92 Å². The first-order chi connectivity index (χ1) is 10.8. The van der Waals surface area contributed by atoms with E-state index in [0.717, 1.165) is 29.8 Å². The summed E-state index contributed by atoms with van der Waals surface area (Å²) in [5.74, 6) is 0.587. The summed E-state index contributed by atoms with van der Waals surface area (Å²) in [4.78, 5) is 0. The fourth-order valence-corrected chi connectivity index (χ4v) is 3.59. The van der Waals surface area contributed by atoms with Gasteiger partial charge in [-0.05, 0) is 42.3 Å². The summed E-state index contributed by atoms with van der Waals surface area (Å²) in [5.41, 5.74) is 3.80. The number of rotatable bonds is 1. The predicted molar refractivity (Wildman–Crippen MR) is 82.4 cm³/mol. The van der Waals surface area contributed by atoms with E-state index in [-0.39, 0.29) is 17.9 Å². The van der Waals surface area contributed by atoms with E-state index in [0.29, 0.717) is 11.5 Å². The molecule has 1 fully saturated rings. The molecule has 2 heterocycles. The van der Waals surface area contributed by atoms with Gasteiger partial charge in [0.15, 0.2) is 0 Å². The number of anilines is 1. The van der Waals surface area contributed by atoms with E-state index < -0.39 is 0 Å². The first kappa shape index (κ1) is 13.2. The highest BCUT2D eigenvalue weighted by atomic mass is 16.5. The van der Waals surface area contributed by atoms with Gasteiger partial charge in [0.1, 0.15) is 5.75 Å². The molecule has 22 heavy (non-hydrogen) atoms. The summed E-state index contributed by atoms with van der Waals surface area (Å²) < 4.78 is 5.95. The van der Waals surface area contributed by atoms with Crippen molar-refractivity contribution in [1.29, 1.82) is 5.26 Å². The number of nitrogens with zero attached hydrogens (tertiary/aromatic N) is 1. The van der Waals surface area contributed by atoms with Gasteiger partial charge in [-0.1, -0.05) is 12.1 Å². The molecule has 0 unspecified atom stereocenters. The molecule has 2 aliphatic rings. The van der Waals surface area contributed by atoms with E-state index in [1.54, 1.807) is 6.07 Å². The van der Waals surface area contributed by atoms with Crippen molar-refractivity contribution < 1.29 is 9.84 Å². The maximum atomic E-state index is 9.75. The quantitative estimate of drug-likeness (QED) is 0.844. The van der Waals surface area contributed by atoms with Gasteiger partial charge in [0.25, 0.3) is 0 Å². The molecule has 0 saturated carbocycles. The molecule has 0 bridgehead atoms. The number of hydrogen-bond donors (Lipinski definition) is 2. The summed E-state index contributed by atoms with van der Waals surface area (Å²) in [6, 6.07) is 15.4. The lowest BCUT2D eigenvalue weighted by Gasteiger charge is -2.36. The fourth-order valence-electron chi connectivity index (χ4n) is 3.59. The van der Waals surface area contributed by atoms with E-state index in [2.05, 4.69) is 11.4 Å². The lowest BCUT2D eigenvalue weighted by Crippen LogP contribution is -2.29. The Morgan fingerprint density at radius 1 is 1.23 bits per heavy atom. The standard InChI is InChI=1S/C18H16N2O2/c19-10-11-4-5-16-15(8-11)18-14(6-7-22-18)17(20-16)12-2-1-3-13(21)9-12/h1-5,8-9,14,17-18,20-21H,6-7H2/t14-,17-,18+/m0/s1. The molecule has 0 aromatic heterocycles. The zero-order valence-corrected chi connectivity index (χ0v) is 12.0. The van der Waals surface area contributed by atoms with E-state index in [4.69, 9.17) is 10.00 Å². The van der Waals surface area contributed by atoms with E-state index in [1.165, 1.54) is 0 Å². The molecule has 4 heteroatoms. The zero-order chi connectivity index (χ0) is 15.1. The zero-order valence-electron chi connectivity index (χ0n) is 12.0. The Hall–Kier alpha value is -2.51. The second kappa shape index (κ2) is 5.04. The SMILES string of the molecule is N#Cc1ccc2c(c1)[C@@H]1OCC[C@H]1[C@H](c1cccc(O)c1)N2. The van der Waals surface area contributed by atoms with Gasteiger partial charge >= 0.3 is 0 Å². The highest BCUT2D eigenvalue weighted by molar-refractivity contribution is 5.60. The Morgan fingerprint density at radius 2 is 2.14 bits per heavy atom. The first-order valence-corrected chi connectivity index (χ1v) is 7.47. The minimum absolute atomic E-state index is 0.0110. The third-order valence-electron chi connectivity index (χ3n) is 4.59. The van der Waals surface area contributed by atoms with Crippen LogP contribution in [0.1, 0.15) is 35.3 Å². The number of hydrogen-bond acceptors (Lipinski definition) is 4. The van der Waals surface area contributed by atoms with Gasteiger partial charge < -0.3 is 15.2 Å². The van der Waals surface area contributed by atoms with Crippen molar-refractivity contribution in [3.8, 4) is 11.8 Å². The van der Waals surface area contributed by atoms with Crippen molar-refractivity contribution in [3.63, 3.8) is 0 Å². The van der Waals surface area contributed by atoms with Crippen molar-refractivity contribution in [3.05, 3.63) is 59.2 Å². The maximum absolute atomic E-state index is 9.75. The first-order valence-electron chi connectivity index (χ1n) is 7.47. The smallest absolute Gasteiger partial charge is 0.115 e. The molecule has 0 aliphatic carbocycles. The van der Waals surface area contributed by atoms with Crippen LogP contribution in [-0.4, -0.2) is 11.7 Å². The van der Waals surface area contributed by atoms with Crippen LogP contribution in [0.15, 0.2) is 42.5 Å². The number of nitriles is 1. The summed E-state index contributed by atoms with van der Waals surface area (Å²) in [6.45, 7) is 0.725. The number of benzene rings is 2. The van der Waals surface area contributed by atoms with Crippen LogP contribution >= 0.6 is 0 Å². The fraction of sp³-hybridized carbons (Fsp3) is 0.278. The number of ether oxygens (including phenoxy) is 1. The highest BCUT2D eigenvalue weighted by Gasteiger charge is 2.41. The van der Waals surface area contributed by atoms with Gasteiger partial charge in [0.2, 0.25) is 0 Å². The van der Waals surface area contributed by atoms with Gasteiger partial charge in [-0.15, -0.1) is 0 Å². The number of aromatic hydroxyl groups is 1. The van der Waals surface area contributed by atoms with Crippen LogP contribution in [0.5, 0.6) is 5.75 Å². The minimum atomic E-state index is 0.0110. The second-order valence-electron chi connectivity index (χ2n) is 5.87. The van der Waals surface area contributed by atoms with Crippen LogP contribution in [0.4, 0.5) is 5.69 Å². The van der Waals surface area contributed by atoms with Crippen LogP contribution in [0.3, 0.4) is 0 Å². The Bertz CT molecular complexity index is 766. The number of phenols is 1. The minimum Gasteiger partial charge on any atom is -0.508 e. The highest BCUT2D eigenvalue weighted by Crippen LogP contribution is 2.50. The third-order valence-corrected chi connectivity index (χ3v) is 4.59. The molecule has 0 spiro atoms. The molecule has 2 N–H and O–H groups in total. The van der Waals surface area contributed by atoms with Crippen LogP contribution in [0.25, 0.3) is 0 Å². The van der Waals surface area contributed by atoms with Gasteiger partial charge in [-0.2, -0.15) is 5.26 Å². The van der Waals surface area contributed by atoms with Gasteiger partial charge in [-0.3, -0.25) is 0 Å². The van der Waals surface area contributed by atoms with E-state index >= 15 is 0 Å². The van der Waals surface area contributed by atoms with E-state index in [1.807, 2.05) is 36.4 Å². The Morgan fingerprint density at radius 3 is 2.95 bits per heavy atom. The van der Waals surface area contributed by atoms with Crippen LogP contribution < -0.4 is 5.32 Å². The topological polar surface area (TPSA) is 65.3 Å². The molecule has 2 aliphatic heterocycles. The average molecular weight is 292 g/mol. The molecule has 0 amide bonds. The number of phenolic OH excluding ortho intramolecular Hbond substituents is 1. The maximum Gasteiger partial charge on any atom is 0.115 e. The van der Waals surface area contributed by atoms with Gasteiger partial charge in [0.05, 0.1) is 23.8 Å². The molecular weight excluding hydrogens is 276 g/mol. The largest absolute Gasteiger partial charge is 0.508 e. The summed E-state index contributed by atoms with van der Waals surface area (Å²) >= 11 is 0. The normalized spacial score (nSPS) is 25.7. The van der Waals surface area contributed by atoms with Gasteiger partial charge in [-0.25, -0.2) is 0 Å². The van der Waals surface area contributed by atoms with Gasteiger partial charge in [0, 0.05) is 23.8 Å². The van der Waals surface area contributed by atoms with Crippen molar-refractivity contribution in [2.45, 2.75) is 18.6 Å². The monoisotopic (exact) mass is 292 g/mol.